The van der Waals surface area contributed by atoms with Crippen LogP contribution in [-0.2, 0) is 23.8 Å². The van der Waals surface area contributed by atoms with Gasteiger partial charge in [0.15, 0.2) is 0 Å². The molecule has 0 unspecified atom stereocenters. The number of nitrogens with zero attached hydrogens (tertiary/aromatic N) is 1. The number of carbonyl (C=O) groups excluding carboxylic acids is 2. The number of likely N-dealkylation sites (tertiary alicyclic amines) is 1. The molecule has 1 heterocycles. The normalized spacial score (nSPS) is 16.6. The van der Waals surface area contributed by atoms with E-state index < -0.39 is 15.7 Å². The lowest BCUT2D eigenvalue weighted by molar-refractivity contribution is -0.126. The Kier molecular flexibility index (Phi) is 8.14. The van der Waals surface area contributed by atoms with Gasteiger partial charge in [0.25, 0.3) is 10.1 Å². The lowest BCUT2D eigenvalue weighted by Crippen LogP contribution is -2.45. The third-order valence-corrected chi connectivity index (χ3v) is 4.28. The molecule has 0 radical (unpaired) electrons. The number of rotatable bonds is 7. The molecule has 0 aromatic rings. The van der Waals surface area contributed by atoms with E-state index in [0.29, 0.717) is 45.3 Å². The van der Waals surface area contributed by atoms with Gasteiger partial charge in [-0.05, 0) is 46.5 Å². The first-order chi connectivity index (χ1) is 11.5. The van der Waals surface area contributed by atoms with Crippen molar-refractivity contribution in [2.75, 3.05) is 32.5 Å². The maximum absolute atomic E-state index is 12.1. The van der Waals surface area contributed by atoms with E-state index in [1.165, 1.54) is 0 Å². The number of nitrogens with one attached hydrogen (secondary N) is 1. The van der Waals surface area contributed by atoms with Gasteiger partial charge >= 0.3 is 6.09 Å². The Morgan fingerprint density at radius 1 is 1.16 bits per heavy atom. The fourth-order valence-corrected chi connectivity index (χ4v) is 2.86. The minimum absolute atomic E-state index is 0.0205. The van der Waals surface area contributed by atoms with Gasteiger partial charge in [-0.2, -0.15) is 8.42 Å². The van der Waals surface area contributed by atoms with E-state index in [1.807, 2.05) is 20.8 Å². The topological polar surface area (TPSA) is 102 Å². The number of carbonyl (C=O) groups is 2. The standard InChI is InChI=1S/C16H30N2O6S/c1-16(2,3)24-15(20)18-10-7-13(8-11-18)14(19)17-9-5-6-12-23-25(4,21)22/h13H,5-12H2,1-4H3,(H,17,19). The highest BCUT2D eigenvalue weighted by atomic mass is 32.2. The van der Waals surface area contributed by atoms with Crippen LogP contribution in [0.3, 0.4) is 0 Å². The van der Waals surface area contributed by atoms with Gasteiger partial charge in [0.1, 0.15) is 5.60 Å². The molecule has 0 aromatic heterocycles. The van der Waals surface area contributed by atoms with E-state index in [9.17, 15) is 18.0 Å². The summed E-state index contributed by atoms with van der Waals surface area (Å²) >= 11 is 0. The first-order valence-electron chi connectivity index (χ1n) is 8.58. The number of hydrogen-bond donors (Lipinski definition) is 1. The minimum atomic E-state index is -3.40. The fraction of sp³-hybridized carbons (Fsp3) is 0.875. The molecule has 8 nitrogen and oxygen atoms in total. The van der Waals surface area contributed by atoms with Crippen molar-refractivity contribution in [3.8, 4) is 0 Å². The Morgan fingerprint density at radius 2 is 1.76 bits per heavy atom. The summed E-state index contributed by atoms with van der Waals surface area (Å²) in [4.78, 5) is 25.7. The molecule has 0 aliphatic carbocycles. The minimum Gasteiger partial charge on any atom is -0.444 e. The molecule has 1 fully saturated rings. The van der Waals surface area contributed by atoms with E-state index in [4.69, 9.17) is 4.74 Å². The maximum atomic E-state index is 12.1. The molecule has 0 bridgehead atoms. The van der Waals surface area contributed by atoms with Crippen molar-refractivity contribution < 1.29 is 26.9 Å². The predicted molar refractivity (Wildman–Crippen MR) is 93.6 cm³/mol. The summed E-state index contributed by atoms with van der Waals surface area (Å²) in [5, 5.41) is 2.85. The number of ether oxygens (including phenoxy) is 1. The van der Waals surface area contributed by atoms with Crippen LogP contribution in [0.4, 0.5) is 4.79 Å². The molecule has 0 saturated carbocycles. The number of piperidine rings is 1. The molecule has 1 aliphatic heterocycles. The van der Waals surface area contributed by atoms with Gasteiger partial charge in [0.05, 0.1) is 12.9 Å². The number of unbranched alkanes of at least 4 members (excludes halogenated alkanes) is 1. The van der Waals surface area contributed by atoms with Crippen LogP contribution < -0.4 is 5.32 Å². The molecule has 0 aromatic carbocycles. The summed E-state index contributed by atoms with van der Waals surface area (Å²) in [7, 11) is -3.40. The van der Waals surface area contributed by atoms with Crippen molar-refractivity contribution >= 4 is 22.1 Å². The van der Waals surface area contributed by atoms with E-state index in [0.717, 1.165) is 6.26 Å². The third-order valence-electron chi connectivity index (χ3n) is 3.69. The predicted octanol–water partition coefficient (Wildman–Crippen LogP) is 1.51. The Hall–Kier alpha value is -1.35. The molecular weight excluding hydrogens is 348 g/mol. The monoisotopic (exact) mass is 378 g/mol. The van der Waals surface area contributed by atoms with Crippen LogP contribution in [0.5, 0.6) is 0 Å². The molecule has 25 heavy (non-hydrogen) atoms. The van der Waals surface area contributed by atoms with Gasteiger partial charge < -0.3 is 15.0 Å². The van der Waals surface area contributed by atoms with Crippen LogP contribution in [0, 0.1) is 5.92 Å². The molecule has 146 valence electrons. The van der Waals surface area contributed by atoms with E-state index in [2.05, 4.69) is 9.50 Å². The van der Waals surface area contributed by atoms with Gasteiger partial charge in [0, 0.05) is 25.6 Å². The van der Waals surface area contributed by atoms with Crippen LogP contribution in [0.25, 0.3) is 0 Å². The summed E-state index contributed by atoms with van der Waals surface area (Å²) in [5.74, 6) is -0.126. The lowest BCUT2D eigenvalue weighted by Gasteiger charge is -2.32. The van der Waals surface area contributed by atoms with Crippen molar-refractivity contribution in [3.63, 3.8) is 0 Å². The average molecular weight is 378 g/mol. The highest BCUT2D eigenvalue weighted by molar-refractivity contribution is 7.85. The van der Waals surface area contributed by atoms with Crippen molar-refractivity contribution in [2.45, 2.75) is 52.1 Å². The molecule has 2 amide bonds. The van der Waals surface area contributed by atoms with Crippen molar-refractivity contribution in [2.24, 2.45) is 5.92 Å². The van der Waals surface area contributed by atoms with Gasteiger partial charge in [-0.1, -0.05) is 0 Å². The summed E-state index contributed by atoms with van der Waals surface area (Å²) in [6.07, 6.45) is 3.11. The van der Waals surface area contributed by atoms with Crippen LogP contribution in [-0.4, -0.2) is 63.4 Å². The molecule has 1 aliphatic rings. The smallest absolute Gasteiger partial charge is 0.410 e. The highest BCUT2D eigenvalue weighted by Gasteiger charge is 2.29. The zero-order valence-electron chi connectivity index (χ0n) is 15.5. The van der Waals surface area contributed by atoms with E-state index in [-0.39, 0.29) is 24.5 Å². The van der Waals surface area contributed by atoms with Crippen molar-refractivity contribution in [3.05, 3.63) is 0 Å². The summed E-state index contributed by atoms with van der Waals surface area (Å²) in [6.45, 7) is 7.11. The molecule has 1 N–H and O–H groups in total. The van der Waals surface area contributed by atoms with E-state index in [1.54, 1.807) is 4.90 Å². The Balaban J connectivity index is 2.20. The number of amides is 2. The second kappa shape index (κ2) is 9.38. The van der Waals surface area contributed by atoms with Gasteiger partial charge in [0.2, 0.25) is 5.91 Å². The van der Waals surface area contributed by atoms with Crippen LogP contribution in [0.1, 0.15) is 46.5 Å². The quantitative estimate of drug-likeness (QED) is 0.532. The third kappa shape index (κ3) is 9.64. The zero-order chi connectivity index (χ0) is 19.1. The Morgan fingerprint density at radius 3 is 2.28 bits per heavy atom. The molecular formula is C16H30N2O6S. The van der Waals surface area contributed by atoms with Crippen LogP contribution in [0.15, 0.2) is 0 Å². The number of hydrogen-bond acceptors (Lipinski definition) is 6. The SMILES string of the molecule is CC(C)(C)OC(=O)N1CCC(C(=O)NCCCCOS(C)(=O)=O)CC1. The van der Waals surface area contributed by atoms with E-state index >= 15 is 0 Å². The average Bonchev–Trinajstić information content (AvgIpc) is 2.48. The molecule has 1 rings (SSSR count). The van der Waals surface area contributed by atoms with Crippen molar-refractivity contribution in [1.29, 1.82) is 0 Å². The molecule has 9 heteroatoms. The summed E-state index contributed by atoms with van der Waals surface area (Å²) in [6, 6.07) is 0. The second-order valence-electron chi connectivity index (χ2n) is 7.27. The van der Waals surface area contributed by atoms with Gasteiger partial charge in [-0.15, -0.1) is 0 Å². The zero-order valence-corrected chi connectivity index (χ0v) is 16.4. The second-order valence-corrected chi connectivity index (χ2v) is 8.91. The van der Waals surface area contributed by atoms with Gasteiger partial charge in [-0.25, -0.2) is 4.79 Å². The van der Waals surface area contributed by atoms with Gasteiger partial charge in [-0.3, -0.25) is 8.98 Å². The molecule has 0 atom stereocenters. The first-order valence-corrected chi connectivity index (χ1v) is 10.4. The van der Waals surface area contributed by atoms with Crippen molar-refractivity contribution in [1.82, 2.24) is 10.2 Å². The van der Waals surface area contributed by atoms with Crippen LogP contribution >= 0.6 is 0 Å². The lowest BCUT2D eigenvalue weighted by atomic mass is 9.96. The molecule has 1 saturated heterocycles. The summed E-state index contributed by atoms with van der Waals surface area (Å²) in [5.41, 5.74) is -0.522. The Labute approximate surface area is 150 Å². The maximum Gasteiger partial charge on any atom is 0.410 e. The van der Waals surface area contributed by atoms with Crippen LogP contribution in [0.2, 0.25) is 0 Å². The molecule has 0 spiro atoms. The Bertz CT molecular complexity index is 547. The first kappa shape index (κ1) is 21.7. The summed E-state index contributed by atoms with van der Waals surface area (Å²) < 4.78 is 31.6. The highest BCUT2D eigenvalue weighted by Crippen LogP contribution is 2.19. The fourth-order valence-electron chi connectivity index (χ4n) is 2.44. The largest absolute Gasteiger partial charge is 0.444 e.